The van der Waals surface area contributed by atoms with Gasteiger partial charge in [0.2, 0.25) is 0 Å². The Labute approximate surface area is 114 Å². The molecule has 0 aliphatic rings. The second-order valence-electron chi connectivity index (χ2n) is 3.66. The van der Waals surface area contributed by atoms with Crippen LogP contribution in [0.5, 0.6) is 0 Å². The molecule has 88 valence electrons. The largest absolute Gasteiger partial charge is 0.307 e. The Bertz CT molecular complexity index is 488. The second kappa shape index (κ2) is 6.15. The number of benzene rings is 1. The lowest BCUT2D eigenvalue weighted by Crippen LogP contribution is -2.13. The highest BCUT2D eigenvalue weighted by molar-refractivity contribution is 9.10. The van der Waals surface area contributed by atoms with Crippen LogP contribution in [0.2, 0.25) is 5.02 Å². The fourth-order valence-electron chi connectivity index (χ4n) is 1.49. The third-order valence-electron chi connectivity index (χ3n) is 2.36. The summed E-state index contributed by atoms with van der Waals surface area (Å²) in [7, 11) is 0. The monoisotopic (exact) mass is 310 g/mol. The smallest absolute Gasteiger partial charge is 0.0541 e. The molecule has 4 heteroatoms. The third kappa shape index (κ3) is 3.80. The SMILES string of the molecule is Clc1cc(Br)ccc1CNCc1ccccn1. The van der Waals surface area contributed by atoms with Crippen LogP contribution < -0.4 is 5.32 Å². The Balaban J connectivity index is 1.90. The molecule has 2 rings (SSSR count). The molecular formula is C13H12BrClN2. The Morgan fingerprint density at radius 2 is 2.06 bits per heavy atom. The zero-order valence-electron chi connectivity index (χ0n) is 9.16. The molecule has 1 N–H and O–H groups in total. The zero-order valence-corrected chi connectivity index (χ0v) is 11.5. The third-order valence-corrected chi connectivity index (χ3v) is 3.21. The van der Waals surface area contributed by atoms with Crippen molar-refractivity contribution in [2.45, 2.75) is 13.1 Å². The van der Waals surface area contributed by atoms with Gasteiger partial charge in [0.15, 0.2) is 0 Å². The number of nitrogens with zero attached hydrogens (tertiary/aromatic N) is 1. The van der Waals surface area contributed by atoms with Crippen molar-refractivity contribution >= 4 is 27.5 Å². The molecule has 17 heavy (non-hydrogen) atoms. The second-order valence-corrected chi connectivity index (χ2v) is 4.98. The summed E-state index contributed by atoms with van der Waals surface area (Å²) in [4.78, 5) is 4.24. The van der Waals surface area contributed by atoms with Gasteiger partial charge in [0.05, 0.1) is 5.69 Å². The van der Waals surface area contributed by atoms with E-state index in [0.717, 1.165) is 33.8 Å². The molecule has 2 nitrogen and oxygen atoms in total. The maximum atomic E-state index is 6.13. The van der Waals surface area contributed by atoms with E-state index in [-0.39, 0.29) is 0 Å². The molecule has 0 spiro atoms. The number of rotatable bonds is 4. The van der Waals surface area contributed by atoms with Gasteiger partial charge >= 0.3 is 0 Å². The van der Waals surface area contributed by atoms with E-state index < -0.39 is 0 Å². The highest BCUT2D eigenvalue weighted by Crippen LogP contribution is 2.21. The van der Waals surface area contributed by atoms with Crippen molar-refractivity contribution in [3.05, 3.63) is 63.3 Å². The quantitative estimate of drug-likeness (QED) is 0.929. The fourth-order valence-corrected chi connectivity index (χ4v) is 2.23. The first-order valence-electron chi connectivity index (χ1n) is 5.30. The molecule has 0 bridgehead atoms. The predicted molar refractivity (Wildman–Crippen MR) is 73.9 cm³/mol. The molecular weight excluding hydrogens is 300 g/mol. The maximum Gasteiger partial charge on any atom is 0.0541 e. The molecule has 0 amide bonds. The van der Waals surface area contributed by atoms with E-state index in [0.29, 0.717) is 0 Å². The summed E-state index contributed by atoms with van der Waals surface area (Å²) < 4.78 is 0.996. The molecule has 0 aliphatic heterocycles. The van der Waals surface area contributed by atoms with E-state index in [2.05, 4.69) is 26.2 Å². The Kier molecular flexibility index (Phi) is 4.54. The van der Waals surface area contributed by atoms with Crippen LogP contribution in [0, 0.1) is 0 Å². The maximum absolute atomic E-state index is 6.13. The minimum Gasteiger partial charge on any atom is -0.307 e. The Morgan fingerprint density at radius 3 is 2.76 bits per heavy atom. The van der Waals surface area contributed by atoms with E-state index in [1.807, 2.05) is 36.4 Å². The van der Waals surface area contributed by atoms with Gasteiger partial charge in [-0.25, -0.2) is 0 Å². The lowest BCUT2D eigenvalue weighted by atomic mass is 10.2. The van der Waals surface area contributed by atoms with Gasteiger partial charge < -0.3 is 5.32 Å². The van der Waals surface area contributed by atoms with E-state index >= 15 is 0 Å². The van der Waals surface area contributed by atoms with Crippen LogP contribution in [0.25, 0.3) is 0 Å². The van der Waals surface area contributed by atoms with Crippen LogP contribution in [0.3, 0.4) is 0 Å². The molecule has 2 aromatic rings. The summed E-state index contributed by atoms with van der Waals surface area (Å²) in [6.07, 6.45) is 1.80. The van der Waals surface area contributed by atoms with Crippen molar-refractivity contribution in [2.75, 3.05) is 0 Å². The summed E-state index contributed by atoms with van der Waals surface area (Å²) in [5.74, 6) is 0. The van der Waals surface area contributed by atoms with E-state index in [4.69, 9.17) is 11.6 Å². The van der Waals surface area contributed by atoms with Gasteiger partial charge in [-0.15, -0.1) is 0 Å². The number of hydrogen-bond donors (Lipinski definition) is 1. The number of aromatic nitrogens is 1. The van der Waals surface area contributed by atoms with Crippen molar-refractivity contribution in [1.82, 2.24) is 10.3 Å². The molecule has 0 radical (unpaired) electrons. The van der Waals surface area contributed by atoms with Crippen LogP contribution in [0.4, 0.5) is 0 Å². The minimum absolute atomic E-state index is 0.739. The van der Waals surface area contributed by atoms with E-state index in [1.165, 1.54) is 0 Å². The molecule has 1 aromatic carbocycles. The molecule has 1 heterocycles. The predicted octanol–water partition coefficient (Wildman–Crippen LogP) is 3.79. The van der Waals surface area contributed by atoms with Crippen molar-refractivity contribution < 1.29 is 0 Å². The zero-order chi connectivity index (χ0) is 12.1. The summed E-state index contributed by atoms with van der Waals surface area (Å²) in [6.45, 7) is 1.48. The Morgan fingerprint density at radius 1 is 1.18 bits per heavy atom. The number of hydrogen-bond acceptors (Lipinski definition) is 2. The van der Waals surface area contributed by atoms with Crippen molar-refractivity contribution in [3.63, 3.8) is 0 Å². The van der Waals surface area contributed by atoms with E-state index in [9.17, 15) is 0 Å². The highest BCUT2D eigenvalue weighted by atomic mass is 79.9. The van der Waals surface area contributed by atoms with Gasteiger partial charge in [0.1, 0.15) is 0 Å². The van der Waals surface area contributed by atoms with Crippen molar-refractivity contribution in [1.29, 1.82) is 0 Å². The molecule has 1 aromatic heterocycles. The highest BCUT2D eigenvalue weighted by Gasteiger charge is 2.00. The van der Waals surface area contributed by atoms with Crippen LogP contribution in [0.15, 0.2) is 47.1 Å². The average Bonchev–Trinajstić information content (AvgIpc) is 2.33. The van der Waals surface area contributed by atoms with Gasteiger partial charge in [-0.3, -0.25) is 4.98 Å². The van der Waals surface area contributed by atoms with Crippen LogP contribution in [0.1, 0.15) is 11.3 Å². The summed E-state index contributed by atoms with van der Waals surface area (Å²) in [6, 6.07) is 11.8. The van der Waals surface area contributed by atoms with Gasteiger partial charge in [0.25, 0.3) is 0 Å². The topological polar surface area (TPSA) is 24.9 Å². The normalized spacial score (nSPS) is 10.5. The first-order valence-corrected chi connectivity index (χ1v) is 6.47. The first-order chi connectivity index (χ1) is 8.25. The van der Waals surface area contributed by atoms with Gasteiger partial charge in [-0.1, -0.05) is 39.7 Å². The Hall–Kier alpha value is -0.900. The first kappa shape index (κ1) is 12.6. The standard InChI is InChI=1S/C13H12BrClN2/c14-11-5-4-10(13(15)7-11)8-16-9-12-3-1-2-6-17-12/h1-7,16H,8-9H2. The average molecular weight is 312 g/mol. The number of nitrogens with one attached hydrogen (secondary N) is 1. The number of halogens is 2. The van der Waals surface area contributed by atoms with Crippen LogP contribution in [-0.2, 0) is 13.1 Å². The fraction of sp³-hybridized carbons (Fsp3) is 0.154. The molecule has 0 saturated heterocycles. The summed E-state index contributed by atoms with van der Waals surface area (Å²) >= 11 is 9.51. The lowest BCUT2D eigenvalue weighted by Gasteiger charge is -2.06. The lowest BCUT2D eigenvalue weighted by molar-refractivity contribution is 0.680. The van der Waals surface area contributed by atoms with Crippen LogP contribution >= 0.6 is 27.5 Å². The van der Waals surface area contributed by atoms with Gasteiger partial charge in [-0.05, 0) is 29.8 Å². The molecule has 0 saturated carbocycles. The summed E-state index contributed by atoms with van der Waals surface area (Å²) in [5.41, 5.74) is 2.12. The van der Waals surface area contributed by atoms with Crippen molar-refractivity contribution in [2.24, 2.45) is 0 Å². The van der Waals surface area contributed by atoms with Gasteiger partial charge in [0, 0.05) is 28.8 Å². The molecule has 0 unspecified atom stereocenters. The van der Waals surface area contributed by atoms with Crippen molar-refractivity contribution in [3.8, 4) is 0 Å². The van der Waals surface area contributed by atoms with Crippen LogP contribution in [-0.4, -0.2) is 4.98 Å². The minimum atomic E-state index is 0.739. The summed E-state index contributed by atoms with van der Waals surface area (Å²) in [5, 5.41) is 4.09. The van der Waals surface area contributed by atoms with Gasteiger partial charge in [-0.2, -0.15) is 0 Å². The molecule has 0 fully saturated rings. The van der Waals surface area contributed by atoms with E-state index in [1.54, 1.807) is 6.20 Å². The molecule has 0 aliphatic carbocycles. The number of pyridine rings is 1. The molecule has 0 atom stereocenters.